The summed E-state index contributed by atoms with van der Waals surface area (Å²) < 4.78 is 5.79. The summed E-state index contributed by atoms with van der Waals surface area (Å²) in [6, 6.07) is 0. The Hall–Kier alpha value is 0.1000. The second-order valence-corrected chi connectivity index (χ2v) is 4.55. The van der Waals surface area contributed by atoms with Crippen molar-refractivity contribution < 1.29 is 4.74 Å². The first-order chi connectivity index (χ1) is 6.68. The molecule has 1 unspecified atom stereocenters. The van der Waals surface area contributed by atoms with Gasteiger partial charge in [0.05, 0.1) is 11.1 Å². The van der Waals surface area contributed by atoms with Crippen LogP contribution in [0.5, 0.6) is 0 Å². The number of nitrogens with zero attached hydrogens (tertiary/aromatic N) is 2. The maximum absolute atomic E-state index is 5.87. The Morgan fingerprint density at radius 2 is 1.93 bits per heavy atom. The standard InChI is InChI=1S/C8H7BrCl2N2O/c9-5-6(10)12-8(13-7(5)11)4-1-2-14-3-4/h4H,1-3H2. The van der Waals surface area contributed by atoms with Gasteiger partial charge in [-0.05, 0) is 22.4 Å². The molecule has 76 valence electrons. The number of halogens is 3. The van der Waals surface area contributed by atoms with Crippen molar-refractivity contribution in [2.75, 3.05) is 13.2 Å². The van der Waals surface area contributed by atoms with E-state index in [9.17, 15) is 0 Å². The quantitative estimate of drug-likeness (QED) is 0.747. The van der Waals surface area contributed by atoms with Crippen LogP contribution in [0.15, 0.2) is 4.47 Å². The Kier molecular flexibility index (Phi) is 3.27. The zero-order chi connectivity index (χ0) is 10.1. The molecule has 1 saturated heterocycles. The van der Waals surface area contributed by atoms with E-state index in [0.717, 1.165) is 13.0 Å². The van der Waals surface area contributed by atoms with Gasteiger partial charge in [0, 0.05) is 12.5 Å². The molecule has 1 aromatic heterocycles. The molecule has 1 aromatic rings. The first kappa shape index (κ1) is 10.6. The topological polar surface area (TPSA) is 35.0 Å². The third-order valence-corrected chi connectivity index (χ3v) is 3.84. The molecule has 1 aliphatic rings. The van der Waals surface area contributed by atoms with E-state index < -0.39 is 0 Å². The zero-order valence-corrected chi connectivity index (χ0v) is 10.2. The molecule has 14 heavy (non-hydrogen) atoms. The van der Waals surface area contributed by atoms with Gasteiger partial charge in [0.2, 0.25) is 0 Å². The molecule has 1 fully saturated rings. The van der Waals surface area contributed by atoms with E-state index in [0.29, 0.717) is 27.2 Å². The minimum absolute atomic E-state index is 0.220. The zero-order valence-electron chi connectivity index (χ0n) is 7.14. The number of ether oxygens (including phenoxy) is 1. The summed E-state index contributed by atoms with van der Waals surface area (Å²) in [5, 5.41) is 0.707. The van der Waals surface area contributed by atoms with E-state index in [1.54, 1.807) is 0 Å². The molecule has 2 heterocycles. The van der Waals surface area contributed by atoms with Gasteiger partial charge in [-0.25, -0.2) is 9.97 Å². The predicted molar refractivity (Wildman–Crippen MR) is 57.9 cm³/mol. The van der Waals surface area contributed by atoms with E-state index in [1.165, 1.54) is 0 Å². The van der Waals surface area contributed by atoms with Crippen molar-refractivity contribution in [3.63, 3.8) is 0 Å². The van der Waals surface area contributed by atoms with E-state index >= 15 is 0 Å². The number of hydrogen-bond acceptors (Lipinski definition) is 3. The highest BCUT2D eigenvalue weighted by atomic mass is 79.9. The minimum atomic E-state index is 0.220. The summed E-state index contributed by atoms with van der Waals surface area (Å²) in [7, 11) is 0. The molecule has 0 aliphatic carbocycles. The molecule has 0 amide bonds. The van der Waals surface area contributed by atoms with Gasteiger partial charge in [-0.1, -0.05) is 23.2 Å². The molecule has 1 atom stereocenters. The van der Waals surface area contributed by atoms with Crippen LogP contribution in [0.4, 0.5) is 0 Å². The summed E-state index contributed by atoms with van der Waals surface area (Å²) >= 11 is 15.0. The van der Waals surface area contributed by atoms with Crippen LogP contribution < -0.4 is 0 Å². The third-order valence-electron chi connectivity index (χ3n) is 2.08. The number of aromatic nitrogens is 2. The van der Waals surface area contributed by atoms with Crippen molar-refractivity contribution in [1.82, 2.24) is 9.97 Å². The molecule has 0 spiro atoms. The van der Waals surface area contributed by atoms with Crippen LogP contribution in [0, 0.1) is 0 Å². The lowest BCUT2D eigenvalue weighted by molar-refractivity contribution is 0.193. The Morgan fingerprint density at radius 3 is 2.43 bits per heavy atom. The summed E-state index contributed by atoms with van der Waals surface area (Å²) in [5.41, 5.74) is 0. The molecule has 3 nitrogen and oxygen atoms in total. The van der Waals surface area contributed by atoms with Crippen LogP contribution in [-0.4, -0.2) is 23.2 Å². The lowest BCUT2D eigenvalue weighted by atomic mass is 10.1. The highest BCUT2D eigenvalue weighted by molar-refractivity contribution is 9.10. The van der Waals surface area contributed by atoms with Crippen LogP contribution in [0.25, 0.3) is 0 Å². The smallest absolute Gasteiger partial charge is 0.148 e. The summed E-state index contributed by atoms with van der Waals surface area (Å²) in [6.45, 7) is 1.40. The molecular formula is C8H7BrCl2N2O. The maximum Gasteiger partial charge on any atom is 0.148 e. The summed E-state index contributed by atoms with van der Waals surface area (Å²) in [6.07, 6.45) is 0.925. The Bertz CT molecular complexity index is 332. The van der Waals surface area contributed by atoms with E-state index in [1.807, 2.05) is 0 Å². The minimum Gasteiger partial charge on any atom is -0.381 e. The van der Waals surface area contributed by atoms with Crippen molar-refractivity contribution in [2.45, 2.75) is 12.3 Å². The number of rotatable bonds is 1. The van der Waals surface area contributed by atoms with Crippen molar-refractivity contribution in [1.29, 1.82) is 0 Å². The molecule has 6 heteroatoms. The van der Waals surface area contributed by atoms with Crippen molar-refractivity contribution in [3.05, 3.63) is 20.6 Å². The predicted octanol–water partition coefficient (Wildman–Crippen LogP) is 3.05. The van der Waals surface area contributed by atoms with E-state index in [4.69, 9.17) is 27.9 Å². The maximum atomic E-state index is 5.87. The van der Waals surface area contributed by atoms with Crippen LogP contribution in [0.1, 0.15) is 18.2 Å². The fourth-order valence-corrected chi connectivity index (χ4v) is 1.91. The van der Waals surface area contributed by atoms with E-state index in [2.05, 4.69) is 25.9 Å². The van der Waals surface area contributed by atoms with Crippen molar-refractivity contribution in [2.24, 2.45) is 0 Å². The normalized spacial score (nSPS) is 21.5. The van der Waals surface area contributed by atoms with Crippen molar-refractivity contribution in [3.8, 4) is 0 Å². The van der Waals surface area contributed by atoms with Gasteiger partial charge in [-0.2, -0.15) is 0 Å². The van der Waals surface area contributed by atoms with Gasteiger partial charge in [0.1, 0.15) is 16.1 Å². The first-order valence-electron chi connectivity index (χ1n) is 4.14. The average Bonchev–Trinajstić information content (AvgIpc) is 2.66. The molecule has 0 bridgehead atoms. The van der Waals surface area contributed by atoms with E-state index in [-0.39, 0.29) is 5.92 Å². The number of hydrogen-bond donors (Lipinski definition) is 0. The molecule has 2 rings (SSSR count). The molecule has 1 aliphatic heterocycles. The average molecular weight is 298 g/mol. The summed E-state index contributed by atoms with van der Waals surface area (Å²) in [4.78, 5) is 8.32. The molecule has 0 saturated carbocycles. The molecule has 0 aromatic carbocycles. The monoisotopic (exact) mass is 296 g/mol. The third kappa shape index (κ3) is 2.03. The fourth-order valence-electron chi connectivity index (χ4n) is 1.33. The SMILES string of the molecule is Clc1nc(C2CCOC2)nc(Cl)c1Br. The van der Waals surface area contributed by atoms with Gasteiger partial charge in [-0.15, -0.1) is 0 Å². The lowest BCUT2D eigenvalue weighted by Gasteiger charge is -2.07. The molecule has 0 radical (unpaired) electrons. The van der Waals surface area contributed by atoms with Crippen LogP contribution in [0.2, 0.25) is 10.3 Å². The largest absolute Gasteiger partial charge is 0.381 e. The van der Waals surface area contributed by atoms with Crippen LogP contribution in [0.3, 0.4) is 0 Å². The Labute approximate surface area is 99.9 Å². The summed E-state index contributed by atoms with van der Waals surface area (Å²) in [5.74, 6) is 0.888. The fraction of sp³-hybridized carbons (Fsp3) is 0.500. The Morgan fingerprint density at radius 1 is 1.29 bits per heavy atom. The molecular weight excluding hydrogens is 291 g/mol. The second-order valence-electron chi connectivity index (χ2n) is 3.04. The lowest BCUT2D eigenvalue weighted by Crippen LogP contribution is -2.05. The highest BCUT2D eigenvalue weighted by Gasteiger charge is 2.22. The second kappa shape index (κ2) is 4.31. The van der Waals surface area contributed by atoms with Gasteiger partial charge in [-0.3, -0.25) is 0 Å². The van der Waals surface area contributed by atoms with Crippen LogP contribution >= 0.6 is 39.1 Å². The first-order valence-corrected chi connectivity index (χ1v) is 5.69. The van der Waals surface area contributed by atoms with Gasteiger partial charge < -0.3 is 4.74 Å². The van der Waals surface area contributed by atoms with Gasteiger partial charge >= 0.3 is 0 Å². The van der Waals surface area contributed by atoms with Crippen molar-refractivity contribution >= 4 is 39.1 Å². The van der Waals surface area contributed by atoms with Gasteiger partial charge in [0.15, 0.2) is 0 Å². The Balaban J connectivity index is 2.34. The van der Waals surface area contributed by atoms with Crippen LogP contribution in [-0.2, 0) is 4.74 Å². The van der Waals surface area contributed by atoms with Gasteiger partial charge in [0.25, 0.3) is 0 Å². The molecule has 0 N–H and O–H groups in total. The highest BCUT2D eigenvalue weighted by Crippen LogP contribution is 2.30.